The van der Waals surface area contributed by atoms with Gasteiger partial charge in [-0.15, -0.1) is 0 Å². The van der Waals surface area contributed by atoms with E-state index in [-0.39, 0.29) is 5.03 Å². The molecule has 0 aliphatic heterocycles. The van der Waals surface area contributed by atoms with Crippen LogP contribution in [0.1, 0.15) is 35.1 Å². The largest absolute Gasteiger partial charge is 0.333 e. The number of carbonyl (C=O) groups excluding carboxylic acids is 1. The molecule has 0 fully saturated rings. The lowest BCUT2D eigenvalue weighted by atomic mass is 9.99. The number of anilines is 1. The first-order chi connectivity index (χ1) is 14.5. The number of aryl methyl sites for hydroxylation is 2. The van der Waals surface area contributed by atoms with E-state index >= 15 is 0 Å². The average molecular weight is 423 g/mol. The van der Waals surface area contributed by atoms with Gasteiger partial charge in [0.2, 0.25) is 0 Å². The molecule has 1 aromatic carbocycles. The SMILES string of the molecule is O=C(Nc1c2c(cc3c1CCC3)CCC2)NS(=O)(=O)c1ccn(-c2cccnc2)n1. The maximum atomic E-state index is 12.7. The highest BCUT2D eigenvalue weighted by molar-refractivity contribution is 7.90. The van der Waals surface area contributed by atoms with Crippen LogP contribution in [-0.2, 0) is 35.7 Å². The van der Waals surface area contributed by atoms with Crippen LogP contribution in [0.5, 0.6) is 0 Å². The molecule has 2 amide bonds. The number of sulfonamides is 1. The summed E-state index contributed by atoms with van der Waals surface area (Å²) < 4.78 is 28.9. The van der Waals surface area contributed by atoms with Gasteiger partial charge in [-0.1, -0.05) is 6.07 Å². The van der Waals surface area contributed by atoms with Crippen LogP contribution >= 0.6 is 0 Å². The zero-order chi connectivity index (χ0) is 20.7. The number of nitrogens with one attached hydrogen (secondary N) is 2. The van der Waals surface area contributed by atoms with E-state index in [9.17, 15) is 13.2 Å². The van der Waals surface area contributed by atoms with Crippen LogP contribution in [0.15, 0.2) is 47.9 Å². The average Bonchev–Trinajstić information content (AvgIpc) is 3.48. The summed E-state index contributed by atoms with van der Waals surface area (Å²) >= 11 is 0. The summed E-state index contributed by atoms with van der Waals surface area (Å²) in [5.41, 5.74) is 6.24. The van der Waals surface area contributed by atoms with Crippen molar-refractivity contribution in [2.24, 2.45) is 0 Å². The van der Waals surface area contributed by atoms with Gasteiger partial charge in [-0.05, 0) is 79.0 Å². The zero-order valence-electron chi connectivity index (χ0n) is 16.3. The Morgan fingerprint density at radius 2 is 1.77 bits per heavy atom. The van der Waals surface area contributed by atoms with Crippen molar-refractivity contribution < 1.29 is 13.2 Å². The molecule has 2 aliphatic rings. The van der Waals surface area contributed by atoms with Crippen molar-refractivity contribution in [1.82, 2.24) is 19.5 Å². The molecule has 0 bridgehead atoms. The predicted molar refractivity (Wildman–Crippen MR) is 111 cm³/mol. The molecule has 0 spiro atoms. The second kappa shape index (κ2) is 7.24. The lowest BCUT2D eigenvalue weighted by Crippen LogP contribution is -2.35. The van der Waals surface area contributed by atoms with Crippen LogP contribution in [-0.4, -0.2) is 29.2 Å². The van der Waals surface area contributed by atoms with Crippen molar-refractivity contribution in [2.75, 3.05) is 5.32 Å². The first-order valence-corrected chi connectivity index (χ1v) is 11.5. The molecule has 30 heavy (non-hydrogen) atoms. The molecular formula is C21H21N5O3S. The number of nitrogens with zero attached hydrogens (tertiary/aromatic N) is 3. The van der Waals surface area contributed by atoms with Gasteiger partial charge in [-0.2, -0.15) is 13.5 Å². The van der Waals surface area contributed by atoms with Crippen LogP contribution in [0.25, 0.3) is 5.69 Å². The van der Waals surface area contributed by atoms with Crippen LogP contribution in [0.2, 0.25) is 0 Å². The minimum atomic E-state index is -4.11. The molecular weight excluding hydrogens is 402 g/mol. The number of hydrogen-bond acceptors (Lipinski definition) is 5. The molecule has 2 heterocycles. The normalized spacial score (nSPS) is 14.9. The van der Waals surface area contributed by atoms with Crippen molar-refractivity contribution >= 4 is 21.7 Å². The topological polar surface area (TPSA) is 106 Å². The van der Waals surface area contributed by atoms with E-state index in [0.29, 0.717) is 5.69 Å². The van der Waals surface area contributed by atoms with Gasteiger partial charge in [0.25, 0.3) is 10.0 Å². The fourth-order valence-electron chi connectivity index (χ4n) is 4.36. The third kappa shape index (κ3) is 3.35. The first-order valence-electron chi connectivity index (χ1n) is 9.98. The minimum absolute atomic E-state index is 0.231. The number of amides is 2. The fourth-order valence-corrected chi connectivity index (χ4v) is 5.20. The highest BCUT2D eigenvalue weighted by Crippen LogP contribution is 2.38. The first kappa shape index (κ1) is 18.8. The van der Waals surface area contributed by atoms with Crippen molar-refractivity contribution in [3.05, 3.63) is 65.1 Å². The van der Waals surface area contributed by atoms with Gasteiger partial charge >= 0.3 is 6.03 Å². The molecule has 3 aromatic rings. The fraction of sp³-hybridized carbons (Fsp3) is 0.286. The van der Waals surface area contributed by atoms with Crippen molar-refractivity contribution in [3.8, 4) is 5.69 Å². The maximum Gasteiger partial charge on any atom is 0.333 e. The number of carbonyl (C=O) groups is 1. The van der Waals surface area contributed by atoms with Crippen molar-refractivity contribution in [3.63, 3.8) is 0 Å². The van der Waals surface area contributed by atoms with Gasteiger partial charge in [-0.3, -0.25) is 4.98 Å². The smallest absolute Gasteiger partial charge is 0.307 e. The number of pyridine rings is 1. The Morgan fingerprint density at radius 3 is 2.43 bits per heavy atom. The maximum absolute atomic E-state index is 12.7. The summed E-state index contributed by atoms with van der Waals surface area (Å²) in [7, 11) is -4.11. The Labute approximate surface area is 174 Å². The number of rotatable bonds is 4. The molecule has 2 aromatic heterocycles. The molecule has 154 valence electrons. The molecule has 0 atom stereocenters. The second-order valence-electron chi connectivity index (χ2n) is 7.60. The van der Waals surface area contributed by atoms with E-state index in [1.165, 1.54) is 28.1 Å². The molecule has 0 saturated heterocycles. The second-order valence-corrected chi connectivity index (χ2v) is 9.23. The van der Waals surface area contributed by atoms with Gasteiger partial charge in [0.05, 0.1) is 11.9 Å². The summed E-state index contributed by atoms with van der Waals surface area (Å²) in [5, 5.41) is 6.68. The molecule has 0 unspecified atom stereocenters. The number of fused-ring (bicyclic) bond motifs is 2. The van der Waals surface area contributed by atoms with Gasteiger partial charge in [0, 0.05) is 18.1 Å². The van der Waals surface area contributed by atoms with Crippen molar-refractivity contribution in [1.29, 1.82) is 0 Å². The van der Waals surface area contributed by atoms with Crippen molar-refractivity contribution in [2.45, 2.75) is 43.6 Å². The Kier molecular flexibility index (Phi) is 4.54. The van der Waals surface area contributed by atoms with Gasteiger partial charge in [0.1, 0.15) is 0 Å². The lowest BCUT2D eigenvalue weighted by Gasteiger charge is -2.16. The predicted octanol–water partition coefficient (Wildman–Crippen LogP) is 2.76. The summed E-state index contributed by atoms with van der Waals surface area (Å²) in [6.45, 7) is 0. The minimum Gasteiger partial charge on any atom is -0.307 e. The zero-order valence-corrected chi connectivity index (χ0v) is 17.1. The number of benzene rings is 1. The summed E-state index contributed by atoms with van der Waals surface area (Å²) in [5.74, 6) is 0. The van der Waals surface area contributed by atoms with Gasteiger partial charge in [0.15, 0.2) is 5.03 Å². The highest BCUT2D eigenvalue weighted by Gasteiger charge is 2.27. The molecule has 2 aliphatic carbocycles. The van der Waals surface area contributed by atoms with E-state index in [1.807, 2.05) is 0 Å². The number of aromatic nitrogens is 3. The summed E-state index contributed by atoms with van der Waals surface area (Å²) in [6, 6.07) is 6.33. The van der Waals surface area contributed by atoms with Crippen LogP contribution in [0.3, 0.4) is 0 Å². The third-order valence-corrected chi connectivity index (χ3v) is 6.91. The van der Waals surface area contributed by atoms with Gasteiger partial charge in [-0.25, -0.2) is 14.2 Å². The van der Waals surface area contributed by atoms with Crippen LogP contribution < -0.4 is 10.0 Å². The van der Waals surface area contributed by atoms with E-state index in [0.717, 1.165) is 55.3 Å². The Morgan fingerprint density at radius 1 is 1.03 bits per heavy atom. The van der Waals surface area contributed by atoms with Gasteiger partial charge < -0.3 is 5.32 Å². The Balaban J connectivity index is 1.37. The van der Waals surface area contributed by atoms with Crippen LogP contribution in [0, 0.1) is 0 Å². The molecule has 0 radical (unpaired) electrons. The third-order valence-electron chi connectivity index (χ3n) is 5.69. The number of urea groups is 1. The summed E-state index contributed by atoms with van der Waals surface area (Å²) in [4.78, 5) is 16.6. The summed E-state index contributed by atoms with van der Waals surface area (Å²) in [6.07, 6.45) is 10.6. The van der Waals surface area contributed by atoms with Crippen LogP contribution in [0.4, 0.5) is 10.5 Å². The van der Waals surface area contributed by atoms with E-state index < -0.39 is 16.1 Å². The van der Waals surface area contributed by atoms with E-state index in [2.05, 4.69) is 26.2 Å². The quantitative estimate of drug-likeness (QED) is 0.671. The highest BCUT2D eigenvalue weighted by atomic mass is 32.2. The molecule has 5 rings (SSSR count). The number of hydrogen-bond donors (Lipinski definition) is 2. The molecule has 8 nitrogen and oxygen atoms in total. The standard InChI is InChI=1S/C21H21N5O3S/c27-21(23-20-17-7-1-4-14(17)12-15-5-2-8-18(15)20)25-30(28,29)19-9-11-26(24-19)16-6-3-10-22-13-16/h3,6,9-13H,1-2,4-5,7-8H2,(H2,23,25,27). The van der Waals surface area contributed by atoms with E-state index in [1.54, 1.807) is 24.5 Å². The Hall–Kier alpha value is -3.20. The monoisotopic (exact) mass is 423 g/mol. The molecule has 2 N–H and O–H groups in total. The Bertz CT molecular complexity index is 1200. The van der Waals surface area contributed by atoms with E-state index in [4.69, 9.17) is 0 Å². The molecule has 9 heteroatoms. The lowest BCUT2D eigenvalue weighted by molar-refractivity contribution is 0.256. The molecule has 0 saturated carbocycles.